The van der Waals surface area contributed by atoms with E-state index in [-0.39, 0.29) is 0 Å². The summed E-state index contributed by atoms with van der Waals surface area (Å²) >= 11 is 0. The van der Waals surface area contributed by atoms with E-state index < -0.39 is 0 Å². The molecule has 0 aliphatic heterocycles. The Morgan fingerprint density at radius 3 is 1.94 bits per heavy atom. The van der Waals surface area contributed by atoms with E-state index in [1.165, 1.54) is 22.5 Å². The number of para-hydroxylation sites is 1. The Balaban J connectivity index is 1.73. The summed E-state index contributed by atoms with van der Waals surface area (Å²) in [5.74, 6) is 6.28. The van der Waals surface area contributed by atoms with Gasteiger partial charge < -0.3 is 4.90 Å². The summed E-state index contributed by atoms with van der Waals surface area (Å²) < 4.78 is 0. The van der Waals surface area contributed by atoms with Crippen molar-refractivity contribution in [1.29, 1.82) is 0 Å². The SMILES string of the molecule is CC#Cc1ncc(-c2ccc(N(c3ccc(CCC)cc3)c3ccccc3CCC)cc2)cn1. The molecule has 0 amide bonds. The standard InChI is InChI=1S/C31H31N3/c1-4-9-24-14-18-28(19-15-24)34(30-13-8-7-12-26(30)10-5-2)29-20-16-25(17-21-29)27-22-32-31(11-6-3)33-23-27/h7-8,12-23H,4-5,9-10H2,1-3H3. The van der Waals surface area contributed by atoms with Crippen LogP contribution in [0.25, 0.3) is 11.1 Å². The first-order valence-corrected chi connectivity index (χ1v) is 12.1. The van der Waals surface area contributed by atoms with Crippen LogP contribution in [-0.2, 0) is 12.8 Å². The second-order valence-corrected chi connectivity index (χ2v) is 8.35. The molecule has 3 nitrogen and oxygen atoms in total. The predicted octanol–water partition coefficient (Wildman–Crippen LogP) is 7.89. The molecule has 1 heterocycles. The minimum absolute atomic E-state index is 0.549. The first-order valence-electron chi connectivity index (χ1n) is 12.1. The van der Waals surface area contributed by atoms with Gasteiger partial charge in [0.2, 0.25) is 5.82 Å². The third-order valence-corrected chi connectivity index (χ3v) is 5.83. The molecule has 4 aromatic rings. The van der Waals surface area contributed by atoms with Gasteiger partial charge >= 0.3 is 0 Å². The number of benzene rings is 3. The highest BCUT2D eigenvalue weighted by Gasteiger charge is 2.16. The molecule has 0 spiro atoms. The van der Waals surface area contributed by atoms with Crippen LogP contribution in [0.15, 0.2) is 85.2 Å². The van der Waals surface area contributed by atoms with Gasteiger partial charge in [-0.15, -0.1) is 0 Å². The van der Waals surface area contributed by atoms with Gasteiger partial charge in [-0.05, 0) is 72.7 Å². The molecule has 0 bridgehead atoms. The van der Waals surface area contributed by atoms with Crippen LogP contribution in [0.3, 0.4) is 0 Å². The Labute approximate surface area is 203 Å². The van der Waals surface area contributed by atoms with Gasteiger partial charge in [0.25, 0.3) is 0 Å². The minimum Gasteiger partial charge on any atom is -0.310 e. The number of nitrogens with zero attached hydrogens (tertiary/aromatic N) is 3. The zero-order chi connectivity index (χ0) is 23.8. The number of hydrogen-bond acceptors (Lipinski definition) is 3. The fraction of sp³-hybridized carbons (Fsp3) is 0.226. The van der Waals surface area contributed by atoms with E-state index >= 15 is 0 Å². The lowest BCUT2D eigenvalue weighted by atomic mass is 10.0. The van der Waals surface area contributed by atoms with Gasteiger partial charge in [-0.1, -0.05) is 75.1 Å². The second-order valence-electron chi connectivity index (χ2n) is 8.35. The van der Waals surface area contributed by atoms with Crippen LogP contribution in [0.5, 0.6) is 0 Å². The molecule has 0 aliphatic rings. The average molecular weight is 446 g/mol. The van der Waals surface area contributed by atoms with Crippen molar-refractivity contribution in [1.82, 2.24) is 9.97 Å². The monoisotopic (exact) mass is 445 g/mol. The van der Waals surface area contributed by atoms with Crippen molar-refractivity contribution in [2.45, 2.75) is 46.5 Å². The number of aryl methyl sites for hydroxylation is 2. The molecular formula is C31H31N3. The lowest BCUT2D eigenvalue weighted by Crippen LogP contribution is -2.12. The molecular weight excluding hydrogens is 414 g/mol. The van der Waals surface area contributed by atoms with Gasteiger partial charge in [0.05, 0.1) is 0 Å². The summed E-state index contributed by atoms with van der Waals surface area (Å²) in [5.41, 5.74) is 8.32. The van der Waals surface area contributed by atoms with E-state index in [4.69, 9.17) is 0 Å². The molecule has 3 aromatic carbocycles. The molecule has 0 saturated carbocycles. The fourth-order valence-corrected chi connectivity index (χ4v) is 4.19. The fourth-order valence-electron chi connectivity index (χ4n) is 4.19. The molecule has 3 heteroatoms. The van der Waals surface area contributed by atoms with Crippen molar-refractivity contribution in [3.63, 3.8) is 0 Å². The van der Waals surface area contributed by atoms with Crippen LogP contribution in [-0.4, -0.2) is 9.97 Å². The molecule has 34 heavy (non-hydrogen) atoms. The van der Waals surface area contributed by atoms with Crippen LogP contribution in [0, 0.1) is 11.8 Å². The Hall–Kier alpha value is -3.90. The highest BCUT2D eigenvalue weighted by Crippen LogP contribution is 2.38. The lowest BCUT2D eigenvalue weighted by Gasteiger charge is -2.28. The maximum atomic E-state index is 4.36. The Bertz CT molecular complexity index is 1260. The third kappa shape index (κ3) is 5.35. The maximum absolute atomic E-state index is 4.36. The maximum Gasteiger partial charge on any atom is 0.204 e. The van der Waals surface area contributed by atoms with Crippen LogP contribution in [0.4, 0.5) is 17.1 Å². The zero-order valence-corrected chi connectivity index (χ0v) is 20.3. The van der Waals surface area contributed by atoms with Gasteiger partial charge in [-0.2, -0.15) is 0 Å². The van der Waals surface area contributed by atoms with E-state index in [0.29, 0.717) is 5.82 Å². The summed E-state index contributed by atoms with van der Waals surface area (Å²) in [6.07, 6.45) is 8.08. The van der Waals surface area contributed by atoms with Gasteiger partial charge in [0, 0.05) is 35.0 Å². The molecule has 4 rings (SSSR count). The zero-order valence-electron chi connectivity index (χ0n) is 20.3. The summed E-state index contributed by atoms with van der Waals surface area (Å²) in [4.78, 5) is 11.1. The van der Waals surface area contributed by atoms with Gasteiger partial charge in [0.15, 0.2) is 0 Å². The van der Waals surface area contributed by atoms with Crippen LogP contribution in [0.1, 0.15) is 50.6 Å². The normalized spacial score (nSPS) is 10.4. The van der Waals surface area contributed by atoms with Crippen molar-refractivity contribution in [3.05, 3.63) is 102 Å². The van der Waals surface area contributed by atoms with Crippen molar-refractivity contribution in [3.8, 4) is 23.0 Å². The smallest absolute Gasteiger partial charge is 0.204 e. The number of anilines is 3. The molecule has 0 atom stereocenters. The molecule has 0 saturated heterocycles. The molecule has 1 aromatic heterocycles. The summed E-state index contributed by atoms with van der Waals surface area (Å²) in [6.45, 7) is 6.24. The van der Waals surface area contributed by atoms with Crippen molar-refractivity contribution in [2.75, 3.05) is 4.90 Å². The number of rotatable bonds is 8. The van der Waals surface area contributed by atoms with E-state index in [2.05, 4.69) is 113 Å². The predicted molar refractivity (Wildman–Crippen MR) is 143 cm³/mol. The van der Waals surface area contributed by atoms with Gasteiger partial charge in [-0.3, -0.25) is 0 Å². The Morgan fingerprint density at radius 2 is 1.32 bits per heavy atom. The largest absolute Gasteiger partial charge is 0.310 e. The highest BCUT2D eigenvalue weighted by atomic mass is 15.1. The van der Waals surface area contributed by atoms with Crippen molar-refractivity contribution < 1.29 is 0 Å². The Kier molecular flexibility index (Phi) is 7.73. The number of hydrogen-bond donors (Lipinski definition) is 0. The van der Waals surface area contributed by atoms with Crippen molar-refractivity contribution >= 4 is 17.1 Å². The summed E-state index contributed by atoms with van der Waals surface area (Å²) in [6, 6.07) is 26.3. The summed E-state index contributed by atoms with van der Waals surface area (Å²) in [7, 11) is 0. The Morgan fingerprint density at radius 1 is 0.706 bits per heavy atom. The van der Waals surface area contributed by atoms with Crippen LogP contribution >= 0.6 is 0 Å². The van der Waals surface area contributed by atoms with Crippen molar-refractivity contribution in [2.24, 2.45) is 0 Å². The van der Waals surface area contributed by atoms with E-state index in [9.17, 15) is 0 Å². The molecule has 0 unspecified atom stereocenters. The van der Waals surface area contributed by atoms with E-state index in [0.717, 1.165) is 42.5 Å². The molecule has 0 N–H and O–H groups in total. The second kappa shape index (κ2) is 11.3. The topological polar surface area (TPSA) is 29.0 Å². The molecule has 0 aliphatic carbocycles. The minimum atomic E-state index is 0.549. The van der Waals surface area contributed by atoms with Crippen LogP contribution < -0.4 is 4.90 Å². The van der Waals surface area contributed by atoms with E-state index in [1.54, 1.807) is 6.92 Å². The van der Waals surface area contributed by atoms with E-state index in [1.807, 2.05) is 12.4 Å². The lowest BCUT2D eigenvalue weighted by molar-refractivity contribution is 0.917. The van der Waals surface area contributed by atoms with Crippen LogP contribution in [0.2, 0.25) is 0 Å². The number of aromatic nitrogens is 2. The van der Waals surface area contributed by atoms with Gasteiger partial charge in [-0.25, -0.2) is 9.97 Å². The first kappa shape index (κ1) is 23.3. The molecule has 170 valence electrons. The first-order chi connectivity index (χ1) is 16.7. The van der Waals surface area contributed by atoms with Gasteiger partial charge in [0.1, 0.15) is 0 Å². The molecule has 0 radical (unpaired) electrons. The highest BCUT2D eigenvalue weighted by molar-refractivity contribution is 5.79. The molecule has 0 fully saturated rings. The average Bonchev–Trinajstić information content (AvgIpc) is 2.88. The summed E-state index contributed by atoms with van der Waals surface area (Å²) in [5, 5.41) is 0. The third-order valence-electron chi connectivity index (χ3n) is 5.83. The quantitative estimate of drug-likeness (QED) is 0.258.